The third-order valence-corrected chi connectivity index (χ3v) is 12.8. The van der Waals surface area contributed by atoms with Crippen LogP contribution in [0.1, 0.15) is 37.6 Å². The van der Waals surface area contributed by atoms with Crippen molar-refractivity contribution in [1.82, 2.24) is 67.7 Å². The van der Waals surface area contributed by atoms with Gasteiger partial charge in [0.15, 0.2) is 22.3 Å². The summed E-state index contributed by atoms with van der Waals surface area (Å²) in [4.78, 5) is 108. The quantitative estimate of drug-likeness (QED) is 0.110. The average molecular weight is 1160 g/mol. The molecule has 27 nitrogen and oxygen atoms in total. The van der Waals surface area contributed by atoms with Crippen LogP contribution in [0.3, 0.4) is 0 Å². The van der Waals surface area contributed by atoms with Crippen molar-refractivity contribution in [1.29, 1.82) is 0 Å². The van der Waals surface area contributed by atoms with E-state index in [2.05, 4.69) is 59.7 Å². The minimum Gasteiger partial charge on any atom is -0.381 e. The molecule has 0 saturated carbocycles. The van der Waals surface area contributed by atoms with Gasteiger partial charge in [-0.3, -0.25) is 42.0 Å². The summed E-state index contributed by atoms with van der Waals surface area (Å²) < 4.78 is 118. The van der Waals surface area contributed by atoms with E-state index >= 15 is 0 Å². The third kappa shape index (κ3) is 13.4. The molecule has 2 amide bonds. The van der Waals surface area contributed by atoms with Crippen LogP contribution in [0.25, 0.3) is 44.8 Å². The van der Waals surface area contributed by atoms with E-state index in [1.807, 2.05) is 0 Å². The summed E-state index contributed by atoms with van der Waals surface area (Å²) in [7, 11) is -0.317. The smallest absolute Gasteiger partial charge is 0.381 e. The molecule has 0 unspecified atom stereocenters. The molecule has 428 valence electrons. The molecule has 0 spiro atoms. The Balaban J connectivity index is 0.000000183. The number of pyridine rings is 2. The van der Waals surface area contributed by atoms with Gasteiger partial charge in [0.1, 0.15) is 23.7 Å². The first-order valence-electron chi connectivity index (χ1n) is 23.9. The lowest BCUT2D eigenvalue weighted by molar-refractivity contribution is -0.145. The highest BCUT2D eigenvalue weighted by Crippen LogP contribution is 2.29. The van der Waals surface area contributed by atoms with Gasteiger partial charge >= 0.3 is 23.7 Å². The highest BCUT2D eigenvalue weighted by atomic mass is 32.2. The third-order valence-electron chi connectivity index (χ3n) is 12.3. The van der Waals surface area contributed by atoms with Gasteiger partial charge in [0.05, 0.1) is 63.3 Å². The lowest BCUT2D eigenvalue weighted by Gasteiger charge is -2.26. The van der Waals surface area contributed by atoms with Gasteiger partial charge in [-0.1, -0.05) is 12.1 Å². The highest BCUT2D eigenvalue weighted by Gasteiger charge is 2.35. The minimum absolute atomic E-state index is 0.0448. The van der Waals surface area contributed by atoms with Gasteiger partial charge in [-0.15, -0.1) is 0 Å². The van der Waals surface area contributed by atoms with Crippen LogP contribution >= 0.6 is 0 Å². The van der Waals surface area contributed by atoms with Crippen molar-refractivity contribution in [2.75, 3.05) is 49.9 Å². The second-order valence-electron chi connectivity index (χ2n) is 18.3. The largest absolute Gasteiger partial charge is 0.451 e. The van der Waals surface area contributed by atoms with Crippen molar-refractivity contribution in [2.24, 2.45) is 25.9 Å². The molecular weight excluding hydrogens is 1110 g/mol. The molecule has 2 atom stereocenters. The number of aromatic amines is 1. The van der Waals surface area contributed by atoms with E-state index in [-0.39, 0.29) is 81.5 Å². The van der Waals surface area contributed by atoms with Gasteiger partial charge in [-0.05, 0) is 38.1 Å². The summed E-state index contributed by atoms with van der Waals surface area (Å²) >= 11 is 0. The summed E-state index contributed by atoms with van der Waals surface area (Å²) in [5, 5.41) is 5.22. The van der Waals surface area contributed by atoms with Gasteiger partial charge in [0.2, 0.25) is 23.5 Å². The van der Waals surface area contributed by atoms with E-state index in [1.165, 1.54) is 71.6 Å². The molecule has 8 aromatic rings. The lowest BCUT2D eigenvalue weighted by atomic mass is 10.1. The van der Waals surface area contributed by atoms with E-state index in [1.54, 1.807) is 19.1 Å². The number of hydrogen-bond donors (Lipinski definition) is 3. The lowest BCUT2D eigenvalue weighted by Crippen LogP contribution is -2.44. The second kappa shape index (κ2) is 23.4. The van der Waals surface area contributed by atoms with Crippen molar-refractivity contribution in [3.63, 3.8) is 0 Å². The number of hydrogen-bond acceptors (Lipinski definition) is 19. The van der Waals surface area contributed by atoms with Crippen LogP contribution in [-0.2, 0) is 66.4 Å². The van der Waals surface area contributed by atoms with E-state index in [9.17, 15) is 63.5 Å². The fraction of sp³-hybridized carbons (Fsp3) is 0.362. The molecular formula is C47H46F6N16O11S. The van der Waals surface area contributed by atoms with Gasteiger partial charge in [0.25, 0.3) is 21.2 Å². The predicted octanol–water partition coefficient (Wildman–Crippen LogP) is 2.72. The average Bonchev–Trinajstić information content (AvgIpc) is 4.11. The first kappa shape index (κ1) is 58.3. The van der Waals surface area contributed by atoms with Crippen LogP contribution in [0.2, 0.25) is 0 Å². The van der Waals surface area contributed by atoms with Crippen molar-refractivity contribution in [3.8, 4) is 22.5 Å². The SMILES string of the molecule is CS(=O)(=O)OCC1COC1.C[C@@H](C(=O)Nc1cccc(-c2cnc(C(F)(F)F)nc2)n1)n1cnc2c1c(=O)[nH]c(=O)n2C.C[C@@H](C(=O)Nc1cccc(-c2cnc(C(F)(F)F)nc2)n1)n1cnc2c1c(=O)n(CC1COC1)c(=O)n2C. The van der Waals surface area contributed by atoms with Crippen LogP contribution < -0.4 is 33.1 Å². The number of rotatable bonds is 13. The molecule has 2 aliphatic heterocycles. The van der Waals surface area contributed by atoms with Crippen LogP contribution in [0.4, 0.5) is 38.0 Å². The summed E-state index contributed by atoms with van der Waals surface area (Å²) in [6, 6.07) is 7.32. The highest BCUT2D eigenvalue weighted by molar-refractivity contribution is 7.85. The van der Waals surface area contributed by atoms with Crippen molar-refractivity contribution < 1.29 is 58.0 Å². The number of carbonyl (C=O) groups excluding carboxylic acids is 2. The zero-order valence-corrected chi connectivity index (χ0v) is 43.8. The first-order valence-corrected chi connectivity index (χ1v) is 25.7. The number of H-pyrrole nitrogens is 1. The van der Waals surface area contributed by atoms with Gasteiger partial charge in [-0.25, -0.2) is 49.5 Å². The van der Waals surface area contributed by atoms with E-state index < -0.39 is 80.5 Å². The number of anilines is 2. The fourth-order valence-corrected chi connectivity index (χ4v) is 8.14. The molecule has 81 heavy (non-hydrogen) atoms. The molecule has 2 aliphatic rings. The van der Waals surface area contributed by atoms with Crippen LogP contribution in [-0.4, -0.2) is 127 Å². The summed E-state index contributed by atoms with van der Waals surface area (Å²) in [5.74, 6) is -3.07. The van der Waals surface area contributed by atoms with E-state index in [4.69, 9.17) is 9.47 Å². The Morgan fingerprint density at radius 1 is 0.691 bits per heavy atom. The Morgan fingerprint density at radius 2 is 1.14 bits per heavy atom. The first-order chi connectivity index (χ1) is 38.2. The molecule has 0 radical (unpaired) electrons. The Morgan fingerprint density at radius 3 is 1.56 bits per heavy atom. The van der Waals surface area contributed by atoms with E-state index in [0.29, 0.717) is 26.4 Å². The van der Waals surface area contributed by atoms with Crippen LogP contribution in [0.15, 0.2) is 93.0 Å². The number of aryl methyl sites for hydroxylation is 2. The van der Waals surface area contributed by atoms with Crippen LogP contribution in [0.5, 0.6) is 0 Å². The molecule has 3 N–H and O–H groups in total. The Labute approximate surface area is 450 Å². The van der Waals surface area contributed by atoms with Crippen molar-refractivity contribution in [3.05, 3.63) is 127 Å². The number of aromatic nitrogens is 14. The number of carbonyl (C=O) groups is 2. The number of amides is 2. The Hall–Kier alpha value is -8.89. The standard InChI is InChI=1S/C23H21F3N8O4.C19H15F3N8O3.C5H10O4S/c1-12(34-11-29-18-17(34)20(36)33(22(37)32(18)2)8-13-9-38-10-13)19(35)31-16-5-3-4-15(30-16)14-6-27-21(28-7-14)23(24,25)26;1-9(30-8-25-14-13(30)16(32)28-18(33)29(14)2)15(31)27-12-5-3-4-11(26-12)10-6-23-17(24-7-10)19(20,21)22;1-10(6,7)9-4-5-2-8-3-5/h3-7,11-13H,8-10H2,1-2H3,(H,30,31,35);3-9H,1-2H3,(H,26,27,31)(H,28,32,33);5H,2-4H2,1H3/t12-;9-;/m00./s1. The Kier molecular flexibility index (Phi) is 16.9. The molecule has 34 heteroatoms. The second-order valence-corrected chi connectivity index (χ2v) is 19.9. The number of ether oxygens (including phenoxy) is 2. The molecule has 10 heterocycles. The fourth-order valence-electron chi connectivity index (χ4n) is 7.70. The zero-order valence-electron chi connectivity index (χ0n) is 43.0. The molecule has 2 fully saturated rings. The number of fused-ring (bicyclic) bond motifs is 2. The Bertz CT molecular complexity index is 4000. The summed E-state index contributed by atoms with van der Waals surface area (Å²) in [6.45, 7) is 5.68. The number of nitrogens with zero attached hydrogens (tertiary/aromatic N) is 13. The maximum Gasteiger partial charge on any atom is 0.451 e. The minimum atomic E-state index is -4.67. The monoisotopic (exact) mass is 1160 g/mol. The zero-order chi connectivity index (χ0) is 58.7. The van der Waals surface area contributed by atoms with Crippen LogP contribution in [0, 0.1) is 11.8 Å². The number of imidazole rings is 2. The molecule has 0 bridgehead atoms. The van der Waals surface area contributed by atoms with Crippen molar-refractivity contribution in [2.45, 2.75) is 44.8 Å². The molecule has 0 aliphatic carbocycles. The normalized spacial score (nSPS) is 14.7. The number of alkyl halides is 6. The van der Waals surface area contributed by atoms with Crippen molar-refractivity contribution >= 4 is 55.9 Å². The maximum absolute atomic E-state index is 13.3. The maximum atomic E-state index is 13.3. The summed E-state index contributed by atoms with van der Waals surface area (Å²) in [5.41, 5.74) is -1.06. The van der Waals surface area contributed by atoms with Gasteiger partial charge in [-0.2, -0.15) is 34.8 Å². The molecule has 10 rings (SSSR count). The van der Waals surface area contributed by atoms with Gasteiger partial charge < -0.3 is 29.2 Å². The topological polar surface area (TPSA) is 332 Å². The predicted molar refractivity (Wildman–Crippen MR) is 271 cm³/mol. The molecule has 2 saturated heterocycles. The number of halogens is 6. The molecule has 8 aromatic heterocycles. The summed E-state index contributed by atoms with van der Waals surface area (Å²) in [6.07, 6.45) is -1.74. The number of nitrogens with one attached hydrogen (secondary N) is 3. The van der Waals surface area contributed by atoms with E-state index in [0.717, 1.165) is 40.2 Å². The van der Waals surface area contributed by atoms with Gasteiger partial charge in [0, 0.05) is 68.4 Å². The molecule has 0 aromatic carbocycles.